The Morgan fingerprint density at radius 1 is 1.20 bits per heavy atom. The van der Waals surface area contributed by atoms with Crippen LogP contribution in [-0.4, -0.2) is 45.0 Å². The zero-order valence-corrected chi connectivity index (χ0v) is 20.8. The SMILES string of the molecule is Cc1nn(-c2ccccc2)c(N2CCCC2)c1/C=N/NC(=O)Cc1nc2sc(C)c(C)c2c(=O)[nH]1. The number of carbonyl (C=O) groups excluding carboxylic acids is 1. The van der Waals surface area contributed by atoms with Crippen LogP contribution in [0.1, 0.15) is 40.4 Å². The summed E-state index contributed by atoms with van der Waals surface area (Å²) in [6, 6.07) is 10.0. The van der Waals surface area contributed by atoms with Crippen LogP contribution >= 0.6 is 11.3 Å². The maximum Gasteiger partial charge on any atom is 0.259 e. The van der Waals surface area contributed by atoms with Crippen molar-refractivity contribution >= 4 is 39.5 Å². The zero-order chi connectivity index (χ0) is 24.5. The molecular weight excluding hydrogens is 462 g/mol. The fourth-order valence-corrected chi connectivity index (χ4v) is 5.45. The van der Waals surface area contributed by atoms with Gasteiger partial charge in [0.15, 0.2) is 0 Å². The van der Waals surface area contributed by atoms with E-state index in [4.69, 9.17) is 5.10 Å². The summed E-state index contributed by atoms with van der Waals surface area (Å²) < 4.78 is 1.94. The number of hydrogen-bond donors (Lipinski definition) is 2. The van der Waals surface area contributed by atoms with Crippen molar-refractivity contribution in [3.05, 3.63) is 68.2 Å². The third-order valence-electron chi connectivity index (χ3n) is 6.29. The quantitative estimate of drug-likeness (QED) is 0.319. The Hall–Kier alpha value is -3.79. The Morgan fingerprint density at radius 3 is 2.69 bits per heavy atom. The van der Waals surface area contributed by atoms with E-state index in [1.54, 1.807) is 6.21 Å². The summed E-state index contributed by atoms with van der Waals surface area (Å²) in [7, 11) is 0. The molecule has 2 N–H and O–H groups in total. The fraction of sp³-hybridized carbons (Fsp3) is 0.320. The van der Waals surface area contributed by atoms with E-state index < -0.39 is 0 Å². The number of fused-ring (bicyclic) bond motifs is 1. The van der Waals surface area contributed by atoms with Crippen LogP contribution in [0, 0.1) is 20.8 Å². The molecule has 0 radical (unpaired) electrons. The summed E-state index contributed by atoms with van der Waals surface area (Å²) in [4.78, 5) is 36.2. The summed E-state index contributed by atoms with van der Waals surface area (Å²) in [6.07, 6.45) is 3.84. The first-order valence-electron chi connectivity index (χ1n) is 11.6. The van der Waals surface area contributed by atoms with E-state index in [9.17, 15) is 9.59 Å². The van der Waals surface area contributed by atoms with Gasteiger partial charge in [-0.15, -0.1) is 11.3 Å². The van der Waals surface area contributed by atoms with Gasteiger partial charge in [-0.25, -0.2) is 15.1 Å². The minimum Gasteiger partial charge on any atom is -0.356 e. The molecule has 180 valence electrons. The van der Waals surface area contributed by atoms with Gasteiger partial charge in [0.25, 0.3) is 5.56 Å². The second-order valence-electron chi connectivity index (χ2n) is 8.71. The molecule has 1 fully saturated rings. The summed E-state index contributed by atoms with van der Waals surface area (Å²) >= 11 is 1.46. The summed E-state index contributed by atoms with van der Waals surface area (Å²) in [5.74, 6) is 0.941. The molecule has 35 heavy (non-hydrogen) atoms. The van der Waals surface area contributed by atoms with Crippen molar-refractivity contribution in [2.45, 2.75) is 40.0 Å². The van der Waals surface area contributed by atoms with Gasteiger partial charge in [-0.2, -0.15) is 10.2 Å². The molecule has 0 aliphatic carbocycles. The van der Waals surface area contributed by atoms with Crippen molar-refractivity contribution in [3.63, 3.8) is 0 Å². The Bertz CT molecular complexity index is 1480. The van der Waals surface area contributed by atoms with Gasteiger partial charge < -0.3 is 9.88 Å². The largest absolute Gasteiger partial charge is 0.356 e. The molecule has 9 nitrogen and oxygen atoms in total. The van der Waals surface area contributed by atoms with Crippen LogP contribution < -0.4 is 15.9 Å². The third-order valence-corrected chi connectivity index (χ3v) is 7.39. The molecule has 1 aliphatic rings. The second-order valence-corrected chi connectivity index (χ2v) is 9.91. The van der Waals surface area contributed by atoms with Gasteiger partial charge >= 0.3 is 0 Å². The number of amides is 1. The van der Waals surface area contributed by atoms with Crippen molar-refractivity contribution in [1.29, 1.82) is 0 Å². The molecule has 0 spiro atoms. The predicted molar refractivity (Wildman–Crippen MR) is 139 cm³/mol. The number of aryl methyl sites for hydroxylation is 3. The first kappa shape index (κ1) is 23.0. The van der Waals surface area contributed by atoms with Gasteiger partial charge in [-0.3, -0.25) is 9.59 Å². The van der Waals surface area contributed by atoms with Crippen molar-refractivity contribution < 1.29 is 4.79 Å². The molecule has 0 unspecified atom stereocenters. The van der Waals surface area contributed by atoms with E-state index in [0.29, 0.717) is 16.0 Å². The van der Waals surface area contributed by atoms with Crippen LogP contribution in [0.5, 0.6) is 0 Å². The molecule has 0 bridgehead atoms. The number of para-hydroxylation sites is 1. The molecule has 1 amide bonds. The van der Waals surface area contributed by atoms with Gasteiger partial charge in [0.1, 0.15) is 16.5 Å². The van der Waals surface area contributed by atoms with Gasteiger partial charge in [-0.1, -0.05) is 18.2 Å². The molecule has 0 atom stereocenters. The molecule has 1 aliphatic heterocycles. The highest BCUT2D eigenvalue weighted by Crippen LogP contribution is 2.29. The summed E-state index contributed by atoms with van der Waals surface area (Å²) in [5, 5.41) is 9.57. The lowest BCUT2D eigenvalue weighted by molar-refractivity contribution is -0.120. The number of rotatable bonds is 6. The highest BCUT2D eigenvalue weighted by Gasteiger charge is 2.23. The standard InChI is InChI=1S/C25H27N7O2S/c1-15-17(3)35-24-22(15)23(34)27-20(28-24)13-21(33)29-26-14-19-16(2)30-32(18-9-5-4-6-10-18)25(19)31-11-7-8-12-31/h4-6,9-10,14H,7-8,11-13H2,1-3H3,(H,29,33)(H,27,28,34)/b26-14+. The average Bonchev–Trinajstić information content (AvgIpc) is 3.53. The van der Waals surface area contributed by atoms with Gasteiger partial charge in [0, 0.05) is 18.0 Å². The molecule has 5 rings (SSSR count). The average molecular weight is 490 g/mol. The molecule has 1 aromatic carbocycles. The van der Waals surface area contributed by atoms with Crippen LogP contribution in [0.3, 0.4) is 0 Å². The van der Waals surface area contributed by atoms with Crippen LogP contribution in [0.2, 0.25) is 0 Å². The lowest BCUT2D eigenvalue weighted by Crippen LogP contribution is -2.24. The van der Waals surface area contributed by atoms with Crippen molar-refractivity contribution in [1.82, 2.24) is 25.2 Å². The second kappa shape index (κ2) is 9.46. The lowest BCUT2D eigenvalue weighted by atomic mass is 10.2. The highest BCUT2D eigenvalue weighted by atomic mass is 32.1. The number of benzene rings is 1. The fourth-order valence-electron chi connectivity index (χ4n) is 4.40. The number of anilines is 1. The zero-order valence-electron chi connectivity index (χ0n) is 20.0. The van der Waals surface area contributed by atoms with E-state index >= 15 is 0 Å². The topological polar surface area (TPSA) is 108 Å². The van der Waals surface area contributed by atoms with Crippen molar-refractivity contribution in [3.8, 4) is 5.69 Å². The highest BCUT2D eigenvalue weighted by molar-refractivity contribution is 7.18. The number of nitrogens with zero attached hydrogens (tertiary/aromatic N) is 5. The number of thiophene rings is 1. The number of hydrazone groups is 1. The Balaban J connectivity index is 1.36. The van der Waals surface area contributed by atoms with Crippen LogP contribution in [0.15, 0.2) is 40.2 Å². The number of hydrogen-bond acceptors (Lipinski definition) is 7. The van der Waals surface area contributed by atoms with Crippen LogP contribution in [0.4, 0.5) is 5.82 Å². The van der Waals surface area contributed by atoms with Crippen LogP contribution in [0.25, 0.3) is 15.9 Å². The molecule has 1 saturated heterocycles. The normalized spacial score (nSPS) is 13.9. The molecule has 10 heteroatoms. The van der Waals surface area contributed by atoms with E-state index in [1.807, 2.05) is 55.8 Å². The predicted octanol–water partition coefficient (Wildman–Crippen LogP) is 3.39. The number of nitrogens with one attached hydrogen (secondary N) is 2. The lowest BCUT2D eigenvalue weighted by Gasteiger charge is -2.20. The molecule has 0 saturated carbocycles. The van der Waals surface area contributed by atoms with E-state index in [0.717, 1.165) is 59.1 Å². The van der Waals surface area contributed by atoms with E-state index in [2.05, 4.69) is 25.4 Å². The first-order valence-corrected chi connectivity index (χ1v) is 12.4. The van der Waals surface area contributed by atoms with E-state index in [1.165, 1.54) is 11.3 Å². The van der Waals surface area contributed by atoms with Gasteiger partial charge in [0.05, 0.1) is 35.0 Å². The Labute approximate surface area is 206 Å². The molecular formula is C25H27N7O2S. The molecule has 3 aromatic heterocycles. The van der Waals surface area contributed by atoms with Gasteiger partial charge in [-0.05, 0) is 51.3 Å². The smallest absolute Gasteiger partial charge is 0.259 e. The molecule has 4 heterocycles. The monoisotopic (exact) mass is 489 g/mol. The summed E-state index contributed by atoms with van der Waals surface area (Å²) in [5.41, 5.74) is 5.96. The van der Waals surface area contributed by atoms with Gasteiger partial charge in [0.2, 0.25) is 5.91 Å². The minimum absolute atomic E-state index is 0.0697. The van der Waals surface area contributed by atoms with Crippen molar-refractivity contribution in [2.75, 3.05) is 18.0 Å². The number of carbonyl (C=O) groups is 1. The Morgan fingerprint density at radius 2 is 1.94 bits per heavy atom. The summed E-state index contributed by atoms with van der Waals surface area (Å²) in [6.45, 7) is 7.71. The number of aromatic nitrogens is 4. The van der Waals surface area contributed by atoms with Crippen LogP contribution in [-0.2, 0) is 11.2 Å². The maximum absolute atomic E-state index is 12.6. The Kier molecular flexibility index (Phi) is 6.21. The number of H-pyrrole nitrogens is 1. The first-order chi connectivity index (χ1) is 16.9. The number of aromatic amines is 1. The minimum atomic E-state index is -0.357. The van der Waals surface area contributed by atoms with E-state index in [-0.39, 0.29) is 17.9 Å². The third kappa shape index (κ3) is 4.49. The van der Waals surface area contributed by atoms with Crippen molar-refractivity contribution in [2.24, 2.45) is 5.10 Å². The maximum atomic E-state index is 12.6. The molecule has 4 aromatic rings.